The summed E-state index contributed by atoms with van der Waals surface area (Å²) in [5, 5.41) is 0.315. The van der Waals surface area contributed by atoms with Gasteiger partial charge in [0, 0.05) is 29.7 Å². The van der Waals surface area contributed by atoms with Crippen molar-refractivity contribution in [1.82, 2.24) is 19.3 Å². The van der Waals surface area contributed by atoms with Gasteiger partial charge in [0.25, 0.3) is 9.24 Å². The van der Waals surface area contributed by atoms with Crippen molar-refractivity contribution in [2.75, 3.05) is 13.1 Å². The Bertz CT molecular complexity index is 841. The Labute approximate surface area is 148 Å². The lowest BCUT2D eigenvalue weighted by Gasteiger charge is -2.34. The lowest BCUT2D eigenvalue weighted by molar-refractivity contribution is 0.249. The summed E-state index contributed by atoms with van der Waals surface area (Å²) < 4.78 is 37.2. The Kier molecular flexibility index (Phi) is 4.83. The molecule has 6 nitrogen and oxygen atoms in total. The number of nitrogens with zero attached hydrogens (tertiary/aromatic N) is 3. The van der Waals surface area contributed by atoms with E-state index in [2.05, 4.69) is 15.0 Å². The van der Waals surface area contributed by atoms with E-state index in [9.17, 15) is 12.8 Å². The normalized spacial score (nSPS) is 22.7. The topological polar surface area (TPSA) is 79.0 Å². The van der Waals surface area contributed by atoms with Crippen LogP contribution in [0.5, 0.6) is 0 Å². The molecule has 130 valence electrons. The van der Waals surface area contributed by atoms with Crippen molar-refractivity contribution in [3.63, 3.8) is 0 Å². The molecular formula is C14H15Cl2FN4O2S. The SMILES string of the molecule is C[C@H]1CN(S(=O)(=O)Cl)CC[C@H]1c1[nH]c(-c2ccc(F)cn2)nc1Cl. The summed E-state index contributed by atoms with van der Waals surface area (Å²) in [7, 11) is 1.70. The number of hydrogen-bond donors (Lipinski definition) is 1. The van der Waals surface area contributed by atoms with Gasteiger partial charge in [0.05, 0.1) is 11.9 Å². The smallest absolute Gasteiger partial charge is 0.299 e. The third-order valence-corrected chi connectivity index (χ3v) is 6.02. The number of halogens is 3. The lowest BCUT2D eigenvalue weighted by atomic mass is 9.86. The molecule has 0 amide bonds. The Morgan fingerprint density at radius 3 is 2.75 bits per heavy atom. The number of pyridine rings is 1. The van der Waals surface area contributed by atoms with E-state index in [1.807, 2.05) is 6.92 Å². The van der Waals surface area contributed by atoms with Crippen molar-refractivity contribution >= 4 is 31.5 Å². The highest BCUT2D eigenvalue weighted by Gasteiger charge is 2.34. The van der Waals surface area contributed by atoms with E-state index in [4.69, 9.17) is 22.3 Å². The van der Waals surface area contributed by atoms with E-state index in [1.165, 1.54) is 16.4 Å². The first-order valence-electron chi connectivity index (χ1n) is 7.32. The first-order valence-corrected chi connectivity index (χ1v) is 9.97. The number of H-pyrrole nitrogens is 1. The van der Waals surface area contributed by atoms with Crippen molar-refractivity contribution < 1.29 is 12.8 Å². The number of aromatic amines is 1. The lowest BCUT2D eigenvalue weighted by Crippen LogP contribution is -2.40. The molecule has 2 aromatic rings. The van der Waals surface area contributed by atoms with Gasteiger partial charge in [0.15, 0.2) is 11.0 Å². The Balaban J connectivity index is 1.84. The van der Waals surface area contributed by atoms with Gasteiger partial charge < -0.3 is 4.98 Å². The molecular weight excluding hydrogens is 378 g/mol. The molecule has 10 heteroatoms. The number of rotatable bonds is 3. The monoisotopic (exact) mass is 392 g/mol. The molecule has 0 aliphatic carbocycles. The van der Waals surface area contributed by atoms with E-state index >= 15 is 0 Å². The van der Waals surface area contributed by atoms with Gasteiger partial charge in [0.2, 0.25) is 0 Å². The predicted molar refractivity (Wildman–Crippen MR) is 89.7 cm³/mol. The third-order valence-electron chi connectivity index (χ3n) is 4.20. The molecule has 2 atom stereocenters. The summed E-state index contributed by atoms with van der Waals surface area (Å²) >= 11 is 6.25. The average molecular weight is 393 g/mol. The Morgan fingerprint density at radius 2 is 2.17 bits per heavy atom. The average Bonchev–Trinajstić information content (AvgIpc) is 2.89. The second-order valence-electron chi connectivity index (χ2n) is 5.82. The maximum Gasteiger partial charge on any atom is 0.299 e. The summed E-state index contributed by atoms with van der Waals surface area (Å²) in [5.74, 6) is 0.0580. The second-order valence-corrected chi connectivity index (χ2v) is 8.69. The van der Waals surface area contributed by atoms with E-state index in [-0.39, 0.29) is 11.8 Å². The minimum atomic E-state index is -3.72. The number of hydrogen-bond acceptors (Lipinski definition) is 4. The molecule has 0 saturated carbocycles. The zero-order valence-electron chi connectivity index (χ0n) is 12.7. The van der Waals surface area contributed by atoms with Crippen LogP contribution in [0.4, 0.5) is 4.39 Å². The van der Waals surface area contributed by atoms with Crippen LogP contribution in [-0.2, 0) is 9.24 Å². The molecule has 0 bridgehead atoms. The van der Waals surface area contributed by atoms with E-state index in [0.717, 1.165) is 11.9 Å². The zero-order valence-corrected chi connectivity index (χ0v) is 15.0. The van der Waals surface area contributed by atoms with Crippen molar-refractivity contribution in [3.05, 3.63) is 35.0 Å². The molecule has 0 radical (unpaired) electrons. The quantitative estimate of drug-likeness (QED) is 0.813. The highest BCUT2D eigenvalue weighted by atomic mass is 35.7. The molecule has 24 heavy (non-hydrogen) atoms. The molecule has 1 aliphatic heterocycles. The van der Waals surface area contributed by atoms with Crippen LogP contribution < -0.4 is 0 Å². The molecule has 0 spiro atoms. The molecule has 3 rings (SSSR count). The van der Waals surface area contributed by atoms with Crippen LogP contribution in [0.15, 0.2) is 18.3 Å². The summed E-state index contributed by atoms with van der Waals surface area (Å²) in [6.45, 7) is 2.57. The molecule has 1 saturated heterocycles. The molecule has 0 aromatic carbocycles. The van der Waals surface area contributed by atoms with Gasteiger partial charge in [-0.25, -0.2) is 14.4 Å². The van der Waals surface area contributed by atoms with E-state index in [0.29, 0.717) is 36.2 Å². The number of aromatic nitrogens is 3. The fourth-order valence-electron chi connectivity index (χ4n) is 2.98. The molecule has 1 N–H and O–H groups in total. The van der Waals surface area contributed by atoms with Crippen LogP contribution in [0, 0.1) is 11.7 Å². The van der Waals surface area contributed by atoms with Gasteiger partial charge in [-0.05, 0) is 24.5 Å². The highest BCUT2D eigenvalue weighted by molar-refractivity contribution is 8.11. The first-order chi connectivity index (χ1) is 11.3. The van der Waals surface area contributed by atoms with Gasteiger partial charge in [-0.15, -0.1) is 0 Å². The summed E-state index contributed by atoms with van der Waals surface area (Å²) in [6, 6.07) is 2.81. The van der Waals surface area contributed by atoms with Gasteiger partial charge in [-0.1, -0.05) is 18.5 Å². The van der Waals surface area contributed by atoms with E-state index in [1.54, 1.807) is 0 Å². The summed E-state index contributed by atoms with van der Waals surface area (Å²) in [4.78, 5) is 11.4. The van der Waals surface area contributed by atoms with Crippen LogP contribution in [-0.4, -0.2) is 40.8 Å². The van der Waals surface area contributed by atoms with Crippen molar-refractivity contribution in [2.24, 2.45) is 5.92 Å². The number of imidazole rings is 1. The fourth-order valence-corrected chi connectivity index (χ4v) is 4.37. The molecule has 1 fully saturated rings. The van der Waals surface area contributed by atoms with Crippen molar-refractivity contribution in [3.8, 4) is 11.5 Å². The van der Waals surface area contributed by atoms with Gasteiger partial charge in [-0.3, -0.25) is 0 Å². The molecule has 0 unspecified atom stereocenters. The minimum Gasteiger partial charge on any atom is -0.339 e. The van der Waals surface area contributed by atoms with Gasteiger partial charge in [-0.2, -0.15) is 12.7 Å². The first kappa shape index (κ1) is 17.6. The predicted octanol–water partition coefficient (Wildman–Crippen LogP) is 3.17. The summed E-state index contributed by atoms with van der Waals surface area (Å²) in [5.41, 5.74) is 1.22. The van der Waals surface area contributed by atoms with Gasteiger partial charge in [0.1, 0.15) is 11.5 Å². The fraction of sp³-hybridized carbons (Fsp3) is 0.429. The largest absolute Gasteiger partial charge is 0.339 e. The molecule has 1 aliphatic rings. The van der Waals surface area contributed by atoms with Crippen LogP contribution in [0.3, 0.4) is 0 Å². The van der Waals surface area contributed by atoms with Crippen LogP contribution in [0.25, 0.3) is 11.5 Å². The summed E-state index contributed by atoms with van der Waals surface area (Å²) in [6.07, 6.45) is 1.68. The van der Waals surface area contributed by atoms with Gasteiger partial charge >= 0.3 is 0 Å². The minimum absolute atomic E-state index is 0.0132. The van der Waals surface area contributed by atoms with Crippen molar-refractivity contribution in [1.29, 1.82) is 0 Å². The standard InChI is InChI=1S/C14H15Cl2FN4O2S/c1-8-7-21(24(16,22)23)5-4-10(8)12-13(15)20-14(19-12)11-3-2-9(17)6-18-11/h2-3,6,8,10H,4-5,7H2,1H3,(H,19,20)/t8-,10+/m0/s1. The maximum absolute atomic E-state index is 13.0. The van der Waals surface area contributed by atoms with E-state index < -0.39 is 15.1 Å². The number of nitrogens with one attached hydrogen (secondary N) is 1. The zero-order chi connectivity index (χ0) is 17.5. The van der Waals surface area contributed by atoms with Crippen LogP contribution in [0.1, 0.15) is 25.0 Å². The number of piperidine rings is 1. The van der Waals surface area contributed by atoms with Crippen LogP contribution in [0.2, 0.25) is 5.15 Å². The second kappa shape index (κ2) is 6.59. The highest BCUT2D eigenvalue weighted by Crippen LogP contribution is 2.37. The maximum atomic E-state index is 13.0. The molecule has 2 aromatic heterocycles. The molecule has 3 heterocycles. The van der Waals surface area contributed by atoms with Crippen LogP contribution >= 0.6 is 22.3 Å². The Morgan fingerprint density at radius 1 is 1.42 bits per heavy atom. The van der Waals surface area contributed by atoms with Crippen molar-refractivity contribution in [2.45, 2.75) is 19.3 Å². The third kappa shape index (κ3) is 3.56. The Hall–Kier alpha value is -1.22.